The third-order valence-corrected chi connectivity index (χ3v) is 3.11. The van der Waals surface area contributed by atoms with Crippen LogP contribution in [0.3, 0.4) is 0 Å². The molecule has 1 aromatic carbocycles. The number of nitrogens with zero attached hydrogens (tertiary/aromatic N) is 2. The minimum absolute atomic E-state index is 0.0430. The molecule has 25 heavy (non-hydrogen) atoms. The van der Waals surface area contributed by atoms with Crippen LogP contribution in [0, 0.1) is 20.2 Å². The van der Waals surface area contributed by atoms with Crippen molar-refractivity contribution in [1.29, 1.82) is 0 Å². The van der Waals surface area contributed by atoms with E-state index >= 15 is 0 Å². The molecule has 11 heteroatoms. The molecule has 0 heterocycles. The van der Waals surface area contributed by atoms with E-state index in [1.54, 1.807) is 6.92 Å². The van der Waals surface area contributed by atoms with E-state index in [2.05, 4.69) is 0 Å². The molecule has 0 N–H and O–H groups in total. The Morgan fingerprint density at radius 1 is 1.12 bits per heavy atom. The maximum absolute atomic E-state index is 12.5. The van der Waals surface area contributed by atoms with Crippen LogP contribution in [0.15, 0.2) is 24.0 Å². The number of carbonyl (C=O) groups excluding carboxylic acids is 2. The Hall–Kier alpha value is -3.01. The van der Waals surface area contributed by atoms with Crippen molar-refractivity contribution >= 4 is 34.7 Å². The Bertz CT molecular complexity index is 759. The summed E-state index contributed by atoms with van der Waals surface area (Å²) in [6.07, 6.45) is 0.819. The second-order valence-electron chi connectivity index (χ2n) is 4.37. The first-order valence-electron chi connectivity index (χ1n) is 6.90. The van der Waals surface area contributed by atoms with Gasteiger partial charge < -0.3 is 9.47 Å². The SMILES string of the molecule is CCOC=C(C(=O)OCC)C(=O)c1cc(Cl)c([N+](=O)[O-])cc1[N+](=O)[O-]. The summed E-state index contributed by atoms with van der Waals surface area (Å²) in [5.74, 6) is -2.15. The fourth-order valence-corrected chi connectivity index (χ4v) is 1.97. The maximum atomic E-state index is 12.5. The van der Waals surface area contributed by atoms with Crippen molar-refractivity contribution < 1.29 is 28.9 Å². The quantitative estimate of drug-likeness (QED) is 0.0991. The van der Waals surface area contributed by atoms with Crippen molar-refractivity contribution in [2.45, 2.75) is 13.8 Å². The number of hydrogen-bond acceptors (Lipinski definition) is 8. The molecule has 0 saturated heterocycles. The van der Waals surface area contributed by atoms with Crippen molar-refractivity contribution in [2.75, 3.05) is 13.2 Å². The molecule has 0 spiro atoms. The molecule has 0 unspecified atom stereocenters. The van der Waals surface area contributed by atoms with Gasteiger partial charge in [0.1, 0.15) is 22.4 Å². The van der Waals surface area contributed by atoms with Gasteiger partial charge in [-0.2, -0.15) is 0 Å². The first-order chi connectivity index (χ1) is 11.7. The van der Waals surface area contributed by atoms with Gasteiger partial charge in [0.25, 0.3) is 11.4 Å². The van der Waals surface area contributed by atoms with Crippen molar-refractivity contribution in [1.82, 2.24) is 0 Å². The van der Waals surface area contributed by atoms with Crippen LogP contribution in [0.5, 0.6) is 0 Å². The van der Waals surface area contributed by atoms with Gasteiger partial charge in [-0.3, -0.25) is 25.0 Å². The molecule has 10 nitrogen and oxygen atoms in total. The summed E-state index contributed by atoms with van der Waals surface area (Å²) in [7, 11) is 0. The van der Waals surface area contributed by atoms with Crippen LogP contribution in [-0.4, -0.2) is 34.8 Å². The summed E-state index contributed by atoms with van der Waals surface area (Å²) in [5, 5.41) is 21.5. The molecule has 0 saturated carbocycles. The summed E-state index contributed by atoms with van der Waals surface area (Å²) < 4.78 is 9.62. The number of nitro groups is 2. The van der Waals surface area contributed by atoms with Crippen molar-refractivity contribution in [3.8, 4) is 0 Å². The fraction of sp³-hybridized carbons (Fsp3) is 0.286. The topological polar surface area (TPSA) is 139 Å². The van der Waals surface area contributed by atoms with E-state index in [-0.39, 0.29) is 13.2 Å². The molecule has 0 aliphatic heterocycles. The lowest BCUT2D eigenvalue weighted by molar-refractivity contribution is -0.394. The third kappa shape index (κ3) is 4.73. The monoisotopic (exact) mass is 372 g/mol. The minimum atomic E-state index is -1.10. The number of carbonyl (C=O) groups is 2. The van der Waals surface area contributed by atoms with E-state index < -0.39 is 49.1 Å². The molecular formula is C14H13ClN2O8. The normalized spacial score (nSPS) is 10.9. The zero-order valence-electron chi connectivity index (χ0n) is 13.2. The molecule has 0 atom stereocenters. The largest absolute Gasteiger partial charge is 0.500 e. The zero-order chi connectivity index (χ0) is 19.1. The van der Waals surface area contributed by atoms with Crippen molar-refractivity contribution in [3.05, 3.63) is 54.8 Å². The lowest BCUT2D eigenvalue weighted by Crippen LogP contribution is -2.18. The molecule has 0 aliphatic carbocycles. The lowest BCUT2D eigenvalue weighted by Gasteiger charge is -2.08. The van der Waals surface area contributed by atoms with E-state index in [4.69, 9.17) is 21.1 Å². The zero-order valence-corrected chi connectivity index (χ0v) is 13.9. The third-order valence-electron chi connectivity index (χ3n) is 2.81. The van der Waals surface area contributed by atoms with E-state index in [0.29, 0.717) is 6.07 Å². The summed E-state index contributed by atoms with van der Waals surface area (Å²) in [4.78, 5) is 44.6. The lowest BCUT2D eigenvalue weighted by atomic mass is 10.0. The van der Waals surface area contributed by atoms with Gasteiger partial charge in [-0.1, -0.05) is 11.6 Å². The molecular weight excluding hydrogens is 360 g/mol. The summed E-state index contributed by atoms with van der Waals surface area (Å²) in [6.45, 7) is 3.18. The number of esters is 1. The van der Waals surface area contributed by atoms with Crippen LogP contribution >= 0.6 is 11.6 Å². The van der Waals surface area contributed by atoms with Crippen LogP contribution in [0.4, 0.5) is 11.4 Å². The predicted octanol–water partition coefficient (Wildman–Crippen LogP) is 2.82. The maximum Gasteiger partial charge on any atom is 0.345 e. The van der Waals surface area contributed by atoms with Crippen LogP contribution in [0.1, 0.15) is 24.2 Å². The highest BCUT2D eigenvalue weighted by Gasteiger charge is 2.32. The first kappa shape index (κ1) is 20.0. The second-order valence-corrected chi connectivity index (χ2v) is 4.78. The Morgan fingerprint density at radius 2 is 1.72 bits per heavy atom. The summed E-state index contributed by atoms with van der Waals surface area (Å²) >= 11 is 5.71. The van der Waals surface area contributed by atoms with E-state index in [1.807, 2.05) is 0 Å². The van der Waals surface area contributed by atoms with Crippen LogP contribution < -0.4 is 0 Å². The fourth-order valence-electron chi connectivity index (χ4n) is 1.74. The van der Waals surface area contributed by atoms with Crippen molar-refractivity contribution in [2.24, 2.45) is 0 Å². The van der Waals surface area contributed by atoms with Gasteiger partial charge in [0, 0.05) is 0 Å². The number of benzene rings is 1. The number of Topliss-reactive ketones (excluding diaryl/α,β-unsaturated/α-hetero) is 1. The highest BCUT2D eigenvalue weighted by molar-refractivity contribution is 6.34. The number of rotatable bonds is 8. The van der Waals surface area contributed by atoms with Crippen LogP contribution in [-0.2, 0) is 14.3 Å². The molecule has 1 aromatic rings. The van der Waals surface area contributed by atoms with Gasteiger partial charge in [0.2, 0.25) is 5.78 Å². The van der Waals surface area contributed by atoms with Crippen molar-refractivity contribution in [3.63, 3.8) is 0 Å². The van der Waals surface area contributed by atoms with E-state index in [9.17, 15) is 29.8 Å². The molecule has 134 valence electrons. The number of ketones is 1. The number of ether oxygens (including phenoxy) is 2. The smallest absolute Gasteiger partial charge is 0.345 e. The molecule has 0 aliphatic rings. The van der Waals surface area contributed by atoms with E-state index in [0.717, 1.165) is 12.3 Å². The molecule has 0 bridgehead atoms. The number of halogens is 1. The standard InChI is InChI=1S/C14H13ClN2O8/c1-3-24-7-9(14(19)25-4-2)13(18)8-5-10(15)12(17(22)23)6-11(8)16(20)21/h5-7H,3-4H2,1-2H3. The van der Waals surface area contributed by atoms with Gasteiger partial charge >= 0.3 is 5.97 Å². The Morgan fingerprint density at radius 3 is 2.20 bits per heavy atom. The summed E-state index contributed by atoms with van der Waals surface area (Å²) in [5.41, 5.74) is -2.81. The van der Waals surface area contributed by atoms with Gasteiger partial charge in [-0.15, -0.1) is 0 Å². The first-order valence-corrected chi connectivity index (χ1v) is 7.28. The number of hydrogen-bond donors (Lipinski definition) is 0. The minimum Gasteiger partial charge on any atom is -0.500 e. The van der Waals surface area contributed by atoms with Gasteiger partial charge in [0.15, 0.2) is 0 Å². The van der Waals surface area contributed by atoms with Gasteiger partial charge in [0.05, 0.1) is 29.1 Å². The van der Waals surface area contributed by atoms with Gasteiger partial charge in [-0.25, -0.2) is 4.79 Å². The number of nitro benzene ring substituents is 2. The molecule has 1 rings (SSSR count). The Kier molecular flexibility index (Phi) is 7.00. The van der Waals surface area contributed by atoms with Gasteiger partial charge in [-0.05, 0) is 19.9 Å². The Labute approximate surface area is 146 Å². The average Bonchev–Trinajstić information content (AvgIpc) is 2.54. The average molecular weight is 373 g/mol. The molecule has 0 amide bonds. The highest BCUT2D eigenvalue weighted by atomic mass is 35.5. The molecule has 0 fully saturated rings. The molecule has 0 radical (unpaired) electrons. The summed E-state index contributed by atoms with van der Waals surface area (Å²) in [6, 6.07) is 1.32. The highest BCUT2D eigenvalue weighted by Crippen LogP contribution is 2.33. The second kappa shape index (κ2) is 8.73. The van der Waals surface area contributed by atoms with E-state index in [1.165, 1.54) is 6.92 Å². The van der Waals surface area contributed by atoms with Crippen LogP contribution in [0.2, 0.25) is 5.02 Å². The van der Waals surface area contributed by atoms with Crippen LogP contribution in [0.25, 0.3) is 0 Å². The Balaban J connectivity index is 3.52. The molecule has 0 aromatic heterocycles. The predicted molar refractivity (Wildman–Crippen MR) is 85.4 cm³/mol.